The summed E-state index contributed by atoms with van der Waals surface area (Å²) in [5, 5.41) is 9.37. The number of rotatable bonds is 2. The van der Waals surface area contributed by atoms with E-state index in [1.807, 2.05) is 12.2 Å². The molecule has 1 aliphatic heterocycles. The Morgan fingerprint density at radius 2 is 1.85 bits per heavy atom. The van der Waals surface area contributed by atoms with E-state index in [9.17, 15) is 19.5 Å². The predicted octanol–water partition coefficient (Wildman–Crippen LogP) is 1.61. The van der Waals surface area contributed by atoms with E-state index >= 15 is 0 Å². The van der Waals surface area contributed by atoms with Crippen molar-refractivity contribution in [2.75, 3.05) is 4.90 Å². The highest BCUT2D eigenvalue weighted by Crippen LogP contribution is 2.40. The van der Waals surface area contributed by atoms with E-state index in [2.05, 4.69) is 4.37 Å². The Morgan fingerprint density at radius 3 is 2.35 bits per heavy atom. The van der Waals surface area contributed by atoms with Crippen LogP contribution >= 0.6 is 11.5 Å². The minimum Gasteiger partial charge on any atom is -0.478 e. The summed E-state index contributed by atoms with van der Waals surface area (Å²) >= 11 is 0.888. The molecule has 0 aromatic carbocycles. The van der Waals surface area contributed by atoms with Crippen LogP contribution in [0.4, 0.5) is 5.00 Å². The molecule has 3 rings (SSSR count). The Labute approximate surface area is 118 Å². The van der Waals surface area contributed by atoms with Crippen LogP contribution in [-0.4, -0.2) is 27.3 Å². The van der Waals surface area contributed by atoms with Crippen molar-refractivity contribution in [1.82, 2.24) is 4.37 Å². The first kappa shape index (κ1) is 13.0. The molecule has 2 amide bonds. The lowest BCUT2D eigenvalue weighted by Gasteiger charge is -2.14. The Bertz CT molecular complexity index is 623. The van der Waals surface area contributed by atoms with Gasteiger partial charge < -0.3 is 5.11 Å². The Kier molecular flexibility index (Phi) is 2.93. The first-order chi connectivity index (χ1) is 9.52. The second kappa shape index (κ2) is 4.52. The van der Waals surface area contributed by atoms with Crippen molar-refractivity contribution in [3.8, 4) is 0 Å². The van der Waals surface area contributed by atoms with Gasteiger partial charge in [0.05, 0.1) is 17.5 Å². The van der Waals surface area contributed by atoms with Gasteiger partial charge in [-0.3, -0.25) is 9.59 Å². The van der Waals surface area contributed by atoms with Gasteiger partial charge in [0.2, 0.25) is 11.8 Å². The molecule has 1 fully saturated rings. The molecule has 6 nitrogen and oxygen atoms in total. The first-order valence-corrected chi connectivity index (χ1v) is 7.02. The molecule has 0 bridgehead atoms. The number of carbonyl (C=O) groups excluding carboxylic acids is 2. The topological polar surface area (TPSA) is 87.6 Å². The van der Waals surface area contributed by atoms with E-state index in [-0.39, 0.29) is 34.2 Å². The average molecular weight is 292 g/mol. The van der Waals surface area contributed by atoms with Crippen LogP contribution in [0.1, 0.15) is 28.9 Å². The van der Waals surface area contributed by atoms with Crippen molar-refractivity contribution in [2.24, 2.45) is 11.8 Å². The molecule has 0 radical (unpaired) electrons. The molecule has 7 heteroatoms. The average Bonchev–Trinajstić information content (AvgIpc) is 2.90. The predicted molar refractivity (Wildman–Crippen MR) is 71.7 cm³/mol. The van der Waals surface area contributed by atoms with Crippen molar-refractivity contribution in [3.05, 3.63) is 23.4 Å². The van der Waals surface area contributed by atoms with Gasteiger partial charge in [0.25, 0.3) is 0 Å². The molecule has 20 heavy (non-hydrogen) atoms. The summed E-state index contributed by atoms with van der Waals surface area (Å²) in [6.07, 6.45) is 4.86. The number of allylic oxidation sites excluding steroid dienone is 2. The molecule has 0 spiro atoms. The van der Waals surface area contributed by atoms with Crippen LogP contribution in [0, 0.1) is 18.8 Å². The highest BCUT2D eigenvalue weighted by Gasteiger charge is 2.49. The van der Waals surface area contributed by atoms with Gasteiger partial charge in [-0.05, 0) is 31.3 Å². The van der Waals surface area contributed by atoms with Gasteiger partial charge in [-0.2, -0.15) is 4.37 Å². The zero-order valence-electron chi connectivity index (χ0n) is 10.7. The van der Waals surface area contributed by atoms with Gasteiger partial charge >= 0.3 is 5.97 Å². The number of amides is 2. The fourth-order valence-corrected chi connectivity index (χ4v) is 3.66. The lowest BCUT2D eigenvalue weighted by atomic mass is 9.85. The van der Waals surface area contributed by atoms with Crippen LogP contribution in [-0.2, 0) is 9.59 Å². The lowest BCUT2D eigenvalue weighted by Crippen LogP contribution is -2.31. The van der Waals surface area contributed by atoms with Crippen LogP contribution < -0.4 is 4.90 Å². The summed E-state index contributed by atoms with van der Waals surface area (Å²) in [5.41, 5.74) is 0.273. The molecule has 1 saturated heterocycles. The van der Waals surface area contributed by atoms with Crippen LogP contribution in [0.5, 0.6) is 0 Å². The molecule has 1 N–H and O–H groups in total. The van der Waals surface area contributed by atoms with Gasteiger partial charge in [-0.1, -0.05) is 12.2 Å². The van der Waals surface area contributed by atoms with E-state index in [1.54, 1.807) is 6.92 Å². The van der Waals surface area contributed by atoms with Gasteiger partial charge in [0.1, 0.15) is 10.6 Å². The monoisotopic (exact) mass is 292 g/mol. The molecule has 2 heterocycles. The number of carboxylic acids is 1. The number of aromatic carboxylic acids is 1. The smallest absolute Gasteiger partial charge is 0.340 e. The third kappa shape index (κ3) is 1.70. The van der Waals surface area contributed by atoms with Crippen molar-refractivity contribution < 1.29 is 19.5 Å². The minimum atomic E-state index is -1.17. The standard InChI is InChI=1S/C13H12N2O4S/c1-6-9(13(18)19)12(20-14-6)15-10(16)7-4-2-3-5-8(7)11(15)17/h2-3,7-8H,4-5H2,1H3,(H,18,19)/t7-,8+. The molecule has 2 atom stereocenters. The molecule has 1 aliphatic carbocycles. The maximum Gasteiger partial charge on any atom is 0.340 e. The Hall–Kier alpha value is -2.02. The third-order valence-electron chi connectivity index (χ3n) is 3.77. The summed E-state index contributed by atoms with van der Waals surface area (Å²) in [6, 6.07) is 0. The molecule has 0 saturated carbocycles. The van der Waals surface area contributed by atoms with Gasteiger partial charge in [-0.15, -0.1) is 0 Å². The quantitative estimate of drug-likeness (QED) is 0.661. The van der Waals surface area contributed by atoms with Gasteiger partial charge in [0.15, 0.2) is 0 Å². The lowest BCUT2D eigenvalue weighted by molar-refractivity contribution is -0.122. The zero-order valence-corrected chi connectivity index (χ0v) is 11.5. The molecule has 1 aromatic rings. The summed E-state index contributed by atoms with van der Waals surface area (Å²) < 4.78 is 3.97. The van der Waals surface area contributed by atoms with Crippen LogP contribution in [0.25, 0.3) is 0 Å². The molecule has 1 aromatic heterocycles. The van der Waals surface area contributed by atoms with E-state index in [0.717, 1.165) is 16.4 Å². The van der Waals surface area contributed by atoms with E-state index < -0.39 is 5.97 Å². The number of aryl methyl sites for hydroxylation is 1. The zero-order chi connectivity index (χ0) is 14.4. The first-order valence-electron chi connectivity index (χ1n) is 6.24. The third-order valence-corrected chi connectivity index (χ3v) is 4.69. The fourth-order valence-electron chi connectivity index (χ4n) is 2.76. The maximum absolute atomic E-state index is 12.4. The SMILES string of the molecule is Cc1nsc(N2C(=O)[C@H]3CC=CC[C@H]3C2=O)c1C(=O)O. The van der Waals surface area contributed by atoms with Crippen LogP contribution in [0.3, 0.4) is 0 Å². The fraction of sp³-hybridized carbons (Fsp3) is 0.385. The summed E-state index contributed by atoms with van der Waals surface area (Å²) in [4.78, 5) is 37.1. The maximum atomic E-state index is 12.4. The second-order valence-corrected chi connectivity index (χ2v) is 5.67. The van der Waals surface area contributed by atoms with Gasteiger partial charge in [-0.25, -0.2) is 9.69 Å². The molecule has 104 valence electrons. The number of hydrogen-bond acceptors (Lipinski definition) is 5. The van der Waals surface area contributed by atoms with Crippen molar-refractivity contribution >= 4 is 34.3 Å². The molecule has 0 unspecified atom stereocenters. The Balaban J connectivity index is 2.06. The summed E-state index contributed by atoms with van der Waals surface area (Å²) in [5.74, 6) is -2.51. The van der Waals surface area contributed by atoms with Crippen LogP contribution in [0.2, 0.25) is 0 Å². The van der Waals surface area contributed by atoms with E-state index in [1.165, 1.54) is 0 Å². The number of aromatic nitrogens is 1. The normalized spacial score (nSPS) is 25.1. The Morgan fingerprint density at radius 1 is 1.30 bits per heavy atom. The highest BCUT2D eigenvalue weighted by atomic mass is 32.1. The minimum absolute atomic E-state index is 0.0525. The summed E-state index contributed by atoms with van der Waals surface area (Å²) in [7, 11) is 0. The second-order valence-electron chi connectivity index (χ2n) is 4.92. The van der Waals surface area contributed by atoms with E-state index in [4.69, 9.17) is 0 Å². The van der Waals surface area contributed by atoms with Crippen LogP contribution in [0.15, 0.2) is 12.2 Å². The van der Waals surface area contributed by atoms with E-state index in [0.29, 0.717) is 18.5 Å². The molecular formula is C13H12N2O4S. The largest absolute Gasteiger partial charge is 0.478 e. The number of anilines is 1. The van der Waals surface area contributed by atoms with Crippen molar-refractivity contribution in [1.29, 1.82) is 0 Å². The number of hydrogen-bond donors (Lipinski definition) is 1. The number of fused-ring (bicyclic) bond motifs is 1. The number of carboxylic acid groups (broad SMARTS) is 1. The number of imide groups is 1. The molecule has 2 aliphatic rings. The molecular weight excluding hydrogens is 280 g/mol. The van der Waals surface area contributed by atoms with Crippen molar-refractivity contribution in [2.45, 2.75) is 19.8 Å². The van der Waals surface area contributed by atoms with Gasteiger partial charge in [0, 0.05) is 0 Å². The van der Waals surface area contributed by atoms with Crippen molar-refractivity contribution in [3.63, 3.8) is 0 Å². The summed E-state index contributed by atoms with van der Waals surface area (Å²) in [6.45, 7) is 1.56. The number of carbonyl (C=O) groups is 3. The number of nitrogens with zero attached hydrogens (tertiary/aromatic N) is 2. The highest BCUT2D eigenvalue weighted by molar-refractivity contribution is 7.11.